The normalized spacial score (nSPS) is 28.9. The summed E-state index contributed by atoms with van der Waals surface area (Å²) in [5, 5.41) is 23.5. The Kier molecular flexibility index (Phi) is 4.35. The Labute approximate surface area is 141 Å². The standard InChI is InChI=1S/C13H18N8O4/c1-3-24-10-7-9(17-12(14)18-10)21(5-16-7)11-13(2,19-20-15)8(23)6(4-22)25-11/h5-6,8,11,22-23H,3-4H2,1-2H3,(H2,14,17,18)/t6-,8-,11-,13?/m1/s1. The quantitative estimate of drug-likeness (QED) is 0.387. The van der Waals surface area contributed by atoms with Crippen molar-refractivity contribution in [2.24, 2.45) is 5.11 Å². The molecule has 2 aromatic heterocycles. The highest BCUT2D eigenvalue weighted by Crippen LogP contribution is 2.42. The smallest absolute Gasteiger partial charge is 0.247 e. The Morgan fingerprint density at radius 2 is 2.32 bits per heavy atom. The molecule has 2 aromatic rings. The molecule has 0 radical (unpaired) electrons. The van der Waals surface area contributed by atoms with Crippen molar-refractivity contribution in [1.29, 1.82) is 0 Å². The Bertz CT molecular complexity index is 835. The number of hydrogen-bond acceptors (Lipinski definition) is 9. The summed E-state index contributed by atoms with van der Waals surface area (Å²) in [5.74, 6) is 0.187. The molecule has 3 heterocycles. The second-order valence-electron chi connectivity index (χ2n) is 5.71. The van der Waals surface area contributed by atoms with Gasteiger partial charge < -0.3 is 25.4 Å². The van der Waals surface area contributed by atoms with Gasteiger partial charge in [-0.3, -0.25) is 4.57 Å². The molecule has 0 aromatic carbocycles. The van der Waals surface area contributed by atoms with Crippen LogP contribution in [0.2, 0.25) is 0 Å². The molecule has 1 fully saturated rings. The zero-order valence-corrected chi connectivity index (χ0v) is 13.6. The number of nitrogen functional groups attached to an aromatic ring is 1. The van der Waals surface area contributed by atoms with Crippen molar-refractivity contribution in [2.45, 2.75) is 37.8 Å². The molecule has 134 valence electrons. The molecule has 0 aliphatic carbocycles. The minimum Gasteiger partial charge on any atom is -0.476 e. The van der Waals surface area contributed by atoms with E-state index < -0.39 is 30.6 Å². The third kappa shape index (κ3) is 2.61. The number of ether oxygens (including phenoxy) is 2. The summed E-state index contributed by atoms with van der Waals surface area (Å²) in [6.07, 6.45) is -1.70. The van der Waals surface area contributed by atoms with Crippen LogP contribution in [0.25, 0.3) is 21.6 Å². The second-order valence-corrected chi connectivity index (χ2v) is 5.71. The zero-order valence-electron chi connectivity index (χ0n) is 13.6. The lowest BCUT2D eigenvalue weighted by atomic mass is 9.93. The number of rotatable bonds is 5. The molecule has 4 N–H and O–H groups in total. The van der Waals surface area contributed by atoms with E-state index in [1.165, 1.54) is 17.8 Å². The summed E-state index contributed by atoms with van der Waals surface area (Å²) in [6.45, 7) is 3.24. The topological polar surface area (TPSA) is 177 Å². The number of hydrogen-bond donors (Lipinski definition) is 3. The van der Waals surface area contributed by atoms with E-state index in [9.17, 15) is 10.2 Å². The van der Waals surface area contributed by atoms with Crippen LogP contribution in [-0.4, -0.2) is 60.7 Å². The van der Waals surface area contributed by atoms with E-state index in [4.69, 9.17) is 20.7 Å². The average molecular weight is 350 g/mol. The van der Waals surface area contributed by atoms with Crippen LogP contribution in [0.1, 0.15) is 20.1 Å². The first-order valence-corrected chi connectivity index (χ1v) is 7.59. The Balaban J connectivity index is 2.16. The first-order valence-electron chi connectivity index (χ1n) is 7.59. The van der Waals surface area contributed by atoms with Gasteiger partial charge in [0.05, 0.1) is 25.6 Å². The van der Waals surface area contributed by atoms with Crippen molar-refractivity contribution in [3.05, 3.63) is 16.8 Å². The molecular weight excluding hydrogens is 332 g/mol. The first kappa shape index (κ1) is 17.2. The fourth-order valence-corrected chi connectivity index (χ4v) is 2.91. The molecule has 1 aliphatic heterocycles. The fourth-order valence-electron chi connectivity index (χ4n) is 2.91. The fraction of sp³-hybridized carbons (Fsp3) is 0.615. The third-order valence-electron chi connectivity index (χ3n) is 4.14. The van der Waals surface area contributed by atoms with Crippen LogP contribution in [-0.2, 0) is 4.74 Å². The van der Waals surface area contributed by atoms with Crippen molar-refractivity contribution in [3.63, 3.8) is 0 Å². The molecule has 25 heavy (non-hydrogen) atoms. The Hall–Kier alpha value is -2.66. The predicted molar refractivity (Wildman–Crippen MR) is 85.5 cm³/mol. The summed E-state index contributed by atoms with van der Waals surface area (Å²) in [7, 11) is 0. The third-order valence-corrected chi connectivity index (χ3v) is 4.14. The van der Waals surface area contributed by atoms with Gasteiger partial charge in [-0.25, -0.2) is 4.98 Å². The molecule has 1 aliphatic rings. The number of imidazole rings is 1. The number of azide groups is 1. The van der Waals surface area contributed by atoms with E-state index in [-0.39, 0.29) is 11.8 Å². The number of nitrogens with zero attached hydrogens (tertiary/aromatic N) is 7. The van der Waals surface area contributed by atoms with Gasteiger partial charge in [0.15, 0.2) is 17.4 Å². The van der Waals surface area contributed by atoms with Crippen LogP contribution >= 0.6 is 0 Å². The molecule has 0 amide bonds. The largest absolute Gasteiger partial charge is 0.476 e. The van der Waals surface area contributed by atoms with E-state index in [0.29, 0.717) is 17.8 Å². The molecule has 4 atom stereocenters. The maximum absolute atomic E-state index is 10.4. The summed E-state index contributed by atoms with van der Waals surface area (Å²) < 4.78 is 12.6. The molecule has 0 bridgehead atoms. The summed E-state index contributed by atoms with van der Waals surface area (Å²) in [4.78, 5) is 15.2. The van der Waals surface area contributed by atoms with E-state index in [0.717, 1.165) is 0 Å². The Morgan fingerprint density at radius 1 is 1.56 bits per heavy atom. The van der Waals surface area contributed by atoms with E-state index in [2.05, 4.69) is 25.0 Å². The monoisotopic (exact) mass is 350 g/mol. The van der Waals surface area contributed by atoms with Gasteiger partial charge in [-0.2, -0.15) is 9.97 Å². The maximum atomic E-state index is 10.4. The average Bonchev–Trinajstić information content (AvgIpc) is 3.08. The number of fused-ring (bicyclic) bond motifs is 1. The zero-order chi connectivity index (χ0) is 18.2. The van der Waals surface area contributed by atoms with Gasteiger partial charge >= 0.3 is 0 Å². The van der Waals surface area contributed by atoms with Gasteiger partial charge in [-0.15, -0.1) is 0 Å². The van der Waals surface area contributed by atoms with Crippen molar-refractivity contribution in [3.8, 4) is 5.88 Å². The molecule has 12 heteroatoms. The predicted octanol–water partition coefficient (Wildman–Crippen LogP) is 0.127. The highest BCUT2D eigenvalue weighted by atomic mass is 16.5. The lowest BCUT2D eigenvalue weighted by Crippen LogP contribution is -2.42. The first-order chi connectivity index (χ1) is 12.0. The van der Waals surface area contributed by atoms with Gasteiger partial charge in [0.1, 0.15) is 11.6 Å². The summed E-state index contributed by atoms with van der Waals surface area (Å²) in [6, 6.07) is 0. The molecule has 0 saturated carbocycles. The highest BCUT2D eigenvalue weighted by molar-refractivity contribution is 5.77. The molecule has 1 saturated heterocycles. The number of nitrogens with two attached hydrogens (primary N) is 1. The Morgan fingerprint density at radius 3 is 2.96 bits per heavy atom. The second kappa shape index (κ2) is 6.33. The van der Waals surface area contributed by atoms with Crippen LogP contribution in [0.3, 0.4) is 0 Å². The minimum atomic E-state index is -1.39. The van der Waals surface area contributed by atoms with E-state index in [1.807, 2.05) is 0 Å². The molecule has 1 unspecified atom stereocenters. The van der Waals surface area contributed by atoms with Crippen molar-refractivity contribution >= 4 is 17.1 Å². The van der Waals surface area contributed by atoms with E-state index >= 15 is 0 Å². The van der Waals surface area contributed by atoms with Crippen molar-refractivity contribution in [2.75, 3.05) is 18.9 Å². The lowest BCUT2D eigenvalue weighted by Gasteiger charge is -2.27. The summed E-state index contributed by atoms with van der Waals surface area (Å²) >= 11 is 0. The number of anilines is 1. The lowest BCUT2D eigenvalue weighted by molar-refractivity contribution is -0.0455. The maximum Gasteiger partial charge on any atom is 0.247 e. The molecule has 3 rings (SSSR count). The van der Waals surface area contributed by atoms with E-state index in [1.54, 1.807) is 6.92 Å². The SMILES string of the molecule is CCOc1nc(N)nc2c1ncn2[C@@H]1O[C@H](CO)[C@@H](O)C1(C)N=[N+]=[N-]. The van der Waals surface area contributed by atoms with Crippen LogP contribution in [0, 0.1) is 0 Å². The van der Waals surface area contributed by atoms with Crippen LogP contribution < -0.4 is 10.5 Å². The number of aliphatic hydroxyl groups is 2. The van der Waals surface area contributed by atoms with Crippen molar-refractivity contribution < 1.29 is 19.7 Å². The number of aromatic nitrogens is 4. The van der Waals surface area contributed by atoms with Gasteiger partial charge in [-0.05, 0) is 19.4 Å². The van der Waals surface area contributed by atoms with Crippen LogP contribution in [0.15, 0.2) is 11.4 Å². The van der Waals surface area contributed by atoms with Gasteiger partial charge in [0, 0.05) is 4.91 Å². The van der Waals surface area contributed by atoms with Crippen molar-refractivity contribution in [1.82, 2.24) is 19.5 Å². The minimum absolute atomic E-state index is 0.0274. The molecular formula is C13H18N8O4. The van der Waals surface area contributed by atoms with Gasteiger partial charge in [0.2, 0.25) is 11.8 Å². The highest BCUT2D eigenvalue weighted by Gasteiger charge is 2.54. The molecule has 0 spiro atoms. The number of aliphatic hydroxyl groups excluding tert-OH is 2. The molecule has 12 nitrogen and oxygen atoms in total. The summed E-state index contributed by atoms with van der Waals surface area (Å²) in [5.41, 5.74) is 13.9. The van der Waals surface area contributed by atoms with Crippen LogP contribution in [0.4, 0.5) is 5.95 Å². The van der Waals surface area contributed by atoms with Gasteiger partial charge in [0.25, 0.3) is 0 Å². The van der Waals surface area contributed by atoms with Gasteiger partial charge in [-0.1, -0.05) is 5.11 Å². The van der Waals surface area contributed by atoms with Crippen LogP contribution in [0.5, 0.6) is 5.88 Å².